The van der Waals surface area contributed by atoms with Crippen LogP contribution in [0.1, 0.15) is 47.6 Å². The van der Waals surface area contributed by atoms with E-state index < -0.39 is 0 Å². The highest BCUT2D eigenvalue weighted by molar-refractivity contribution is 5.51. The second-order valence-corrected chi connectivity index (χ2v) is 4.82. The van der Waals surface area contributed by atoms with Crippen LogP contribution in [0.5, 0.6) is 0 Å². The molecule has 0 heterocycles. The fourth-order valence-corrected chi connectivity index (χ4v) is 3.30. The molecule has 0 saturated carbocycles. The van der Waals surface area contributed by atoms with Gasteiger partial charge in [0.2, 0.25) is 0 Å². The molecule has 0 amide bonds. The number of hydrogen-bond donors (Lipinski definition) is 1. The molecule has 2 aliphatic rings. The third kappa shape index (κ3) is 0.838. The minimum atomic E-state index is -0.213. The Balaban J connectivity index is 2.30. The van der Waals surface area contributed by atoms with Gasteiger partial charge < -0.3 is 5.11 Å². The van der Waals surface area contributed by atoms with E-state index in [0.717, 1.165) is 0 Å². The number of rotatable bonds is 0. The molecular formula is C13H16O. The van der Waals surface area contributed by atoms with Crippen molar-refractivity contribution in [3.8, 4) is 0 Å². The first-order valence-electron chi connectivity index (χ1n) is 5.50. The van der Waals surface area contributed by atoms with E-state index in [0.29, 0.717) is 11.8 Å². The maximum Gasteiger partial charge on any atom is 0.0826 e. The van der Waals surface area contributed by atoms with Gasteiger partial charge in [-0.1, -0.05) is 19.1 Å². The zero-order chi connectivity index (χ0) is 9.87. The van der Waals surface area contributed by atoms with Gasteiger partial charge in [-0.15, -0.1) is 0 Å². The van der Waals surface area contributed by atoms with Crippen LogP contribution < -0.4 is 0 Å². The Morgan fingerprint density at radius 3 is 2.86 bits per heavy atom. The number of benzene rings is 1. The van der Waals surface area contributed by atoms with Gasteiger partial charge >= 0.3 is 0 Å². The summed E-state index contributed by atoms with van der Waals surface area (Å²) >= 11 is 0. The summed E-state index contributed by atoms with van der Waals surface area (Å²) in [5.41, 5.74) is 5.49. The van der Waals surface area contributed by atoms with Crippen LogP contribution in [0, 0.1) is 12.8 Å². The van der Waals surface area contributed by atoms with Crippen LogP contribution in [-0.4, -0.2) is 5.11 Å². The highest BCUT2D eigenvalue weighted by Gasteiger charge is 2.41. The first-order chi connectivity index (χ1) is 6.70. The lowest BCUT2D eigenvalue weighted by Gasteiger charge is -2.15. The fourth-order valence-electron chi connectivity index (χ4n) is 3.30. The number of aliphatic hydroxyl groups excluding tert-OH is 1. The van der Waals surface area contributed by atoms with Gasteiger partial charge in [0.25, 0.3) is 0 Å². The van der Waals surface area contributed by atoms with Crippen molar-refractivity contribution in [2.24, 2.45) is 5.92 Å². The van der Waals surface area contributed by atoms with Crippen LogP contribution in [0.4, 0.5) is 0 Å². The minimum Gasteiger partial charge on any atom is -0.388 e. The lowest BCUT2D eigenvalue weighted by Crippen LogP contribution is -2.07. The second-order valence-electron chi connectivity index (χ2n) is 4.82. The predicted molar refractivity (Wildman–Crippen MR) is 56.4 cm³/mol. The lowest BCUT2D eigenvalue weighted by molar-refractivity contribution is 0.119. The summed E-state index contributed by atoms with van der Waals surface area (Å²) in [5, 5.41) is 10.2. The highest BCUT2D eigenvalue weighted by atomic mass is 16.3. The van der Waals surface area contributed by atoms with Crippen LogP contribution in [0.25, 0.3) is 0 Å². The molecule has 0 aliphatic heterocycles. The fraction of sp³-hybridized carbons (Fsp3) is 0.538. The van der Waals surface area contributed by atoms with E-state index in [4.69, 9.17) is 0 Å². The Morgan fingerprint density at radius 2 is 2.07 bits per heavy atom. The Labute approximate surface area is 84.8 Å². The Kier molecular flexibility index (Phi) is 1.58. The van der Waals surface area contributed by atoms with Gasteiger partial charge in [0.05, 0.1) is 6.10 Å². The van der Waals surface area contributed by atoms with E-state index in [1.54, 1.807) is 0 Å². The van der Waals surface area contributed by atoms with Crippen LogP contribution in [0.3, 0.4) is 0 Å². The maximum atomic E-state index is 10.2. The molecule has 74 valence electrons. The molecule has 2 aliphatic carbocycles. The summed E-state index contributed by atoms with van der Waals surface area (Å²) < 4.78 is 0. The topological polar surface area (TPSA) is 20.2 Å². The van der Waals surface area contributed by atoms with Crippen molar-refractivity contribution in [3.63, 3.8) is 0 Å². The standard InChI is InChI=1S/C13H16O/c1-7-3-4-9-5-6-10-8(2)13(14)11(7)12(9)10/h3-4,8,10,13-14H,5-6H2,1-2H3. The molecule has 0 bridgehead atoms. The van der Waals surface area contributed by atoms with E-state index in [1.165, 1.54) is 35.1 Å². The molecule has 14 heavy (non-hydrogen) atoms. The average Bonchev–Trinajstić information content (AvgIpc) is 2.68. The van der Waals surface area contributed by atoms with Crippen molar-refractivity contribution in [3.05, 3.63) is 34.4 Å². The van der Waals surface area contributed by atoms with E-state index in [2.05, 4.69) is 26.0 Å². The minimum absolute atomic E-state index is 0.213. The van der Waals surface area contributed by atoms with E-state index >= 15 is 0 Å². The van der Waals surface area contributed by atoms with Crippen molar-refractivity contribution in [2.75, 3.05) is 0 Å². The second kappa shape index (κ2) is 2.60. The largest absolute Gasteiger partial charge is 0.388 e. The maximum absolute atomic E-state index is 10.2. The Morgan fingerprint density at radius 1 is 1.29 bits per heavy atom. The highest BCUT2D eigenvalue weighted by Crippen LogP contribution is 2.53. The molecule has 1 aromatic rings. The Hall–Kier alpha value is -0.820. The zero-order valence-electron chi connectivity index (χ0n) is 8.75. The van der Waals surface area contributed by atoms with Crippen LogP contribution in [-0.2, 0) is 6.42 Å². The monoisotopic (exact) mass is 188 g/mol. The smallest absolute Gasteiger partial charge is 0.0826 e. The third-order valence-electron chi connectivity index (χ3n) is 4.12. The first-order valence-corrected chi connectivity index (χ1v) is 5.50. The van der Waals surface area contributed by atoms with Crippen molar-refractivity contribution in [1.29, 1.82) is 0 Å². The third-order valence-corrected chi connectivity index (χ3v) is 4.12. The molecule has 3 unspecified atom stereocenters. The van der Waals surface area contributed by atoms with Crippen LogP contribution >= 0.6 is 0 Å². The molecule has 0 saturated heterocycles. The van der Waals surface area contributed by atoms with E-state index in [1.807, 2.05) is 0 Å². The summed E-state index contributed by atoms with van der Waals surface area (Å²) in [5.74, 6) is 1.06. The summed E-state index contributed by atoms with van der Waals surface area (Å²) in [6, 6.07) is 4.41. The number of aryl methyl sites for hydroxylation is 2. The van der Waals surface area contributed by atoms with Gasteiger partial charge in [0.1, 0.15) is 0 Å². The van der Waals surface area contributed by atoms with Crippen molar-refractivity contribution in [1.82, 2.24) is 0 Å². The van der Waals surface area contributed by atoms with Gasteiger partial charge in [-0.2, -0.15) is 0 Å². The predicted octanol–water partition coefficient (Wildman–Crippen LogP) is 2.71. The molecule has 1 heteroatoms. The molecule has 3 atom stereocenters. The van der Waals surface area contributed by atoms with Crippen LogP contribution in [0.15, 0.2) is 12.1 Å². The zero-order valence-corrected chi connectivity index (χ0v) is 8.75. The molecule has 1 nitrogen and oxygen atoms in total. The summed E-state index contributed by atoms with van der Waals surface area (Å²) in [6.07, 6.45) is 2.24. The SMILES string of the molecule is Cc1ccc2c3c1C(O)C(C)C3CC2. The normalized spacial score (nSPS) is 33.5. The van der Waals surface area contributed by atoms with Gasteiger partial charge in [-0.25, -0.2) is 0 Å². The lowest BCUT2D eigenvalue weighted by atomic mass is 9.94. The summed E-state index contributed by atoms with van der Waals surface area (Å²) in [7, 11) is 0. The number of aliphatic hydroxyl groups is 1. The van der Waals surface area contributed by atoms with Crippen molar-refractivity contribution >= 4 is 0 Å². The van der Waals surface area contributed by atoms with E-state index in [9.17, 15) is 5.11 Å². The van der Waals surface area contributed by atoms with Gasteiger partial charge in [-0.05, 0) is 53.9 Å². The van der Waals surface area contributed by atoms with Gasteiger partial charge in [0.15, 0.2) is 0 Å². The quantitative estimate of drug-likeness (QED) is 0.663. The molecule has 1 N–H and O–H groups in total. The summed E-state index contributed by atoms with van der Waals surface area (Å²) in [6.45, 7) is 4.30. The Bertz CT molecular complexity index is 394. The molecule has 0 fully saturated rings. The molecule has 0 spiro atoms. The number of hydrogen-bond acceptors (Lipinski definition) is 1. The van der Waals surface area contributed by atoms with Gasteiger partial charge in [-0.3, -0.25) is 0 Å². The molecule has 1 aromatic carbocycles. The summed E-state index contributed by atoms with van der Waals surface area (Å²) in [4.78, 5) is 0. The van der Waals surface area contributed by atoms with Gasteiger partial charge in [0, 0.05) is 0 Å². The van der Waals surface area contributed by atoms with Crippen LogP contribution in [0.2, 0.25) is 0 Å². The van der Waals surface area contributed by atoms with Crippen molar-refractivity contribution in [2.45, 2.75) is 38.7 Å². The van der Waals surface area contributed by atoms with E-state index in [-0.39, 0.29) is 6.10 Å². The molecule has 0 aromatic heterocycles. The molecule has 3 rings (SSSR count). The molecule has 0 radical (unpaired) electrons. The first kappa shape index (κ1) is 8.49. The average molecular weight is 188 g/mol. The van der Waals surface area contributed by atoms with Crippen molar-refractivity contribution < 1.29 is 5.11 Å². The molecular weight excluding hydrogens is 172 g/mol.